The van der Waals surface area contributed by atoms with E-state index in [9.17, 15) is 9.59 Å². The predicted octanol–water partition coefficient (Wildman–Crippen LogP) is 1.53. The molecule has 0 bridgehead atoms. The van der Waals surface area contributed by atoms with Crippen LogP contribution < -0.4 is 15.0 Å². The third kappa shape index (κ3) is 2.30. The van der Waals surface area contributed by atoms with Crippen molar-refractivity contribution >= 4 is 51.9 Å². The molecule has 2 heterocycles. The molecule has 2 amide bonds. The van der Waals surface area contributed by atoms with E-state index in [1.54, 1.807) is 24.1 Å². The molecule has 1 aromatic rings. The highest BCUT2D eigenvalue weighted by atomic mass is 32.2. The number of nitrogens with one attached hydrogen (secondary N) is 1. The van der Waals surface area contributed by atoms with Crippen LogP contribution in [-0.2, 0) is 9.59 Å². The summed E-state index contributed by atoms with van der Waals surface area (Å²) in [5.41, 5.74) is 1.51. The average molecular weight is 306 g/mol. The number of carbonyl (C=O) groups excluding carboxylic acids is 2. The summed E-state index contributed by atoms with van der Waals surface area (Å²) < 4.78 is 5.81. The molecule has 1 saturated heterocycles. The molecule has 1 fully saturated rings. The Morgan fingerprint density at radius 1 is 1.45 bits per heavy atom. The molecular formula is C13H10N2O3S2. The molecular weight excluding hydrogens is 296 g/mol. The number of amides is 2. The van der Waals surface area contributed by atoms with Crippen molar-refractivity contribution in [3.05, 3.63) is 28.7 Å². The third-order valence-corrected chi connectivity index (χ3v) is 4.17. The SMILES string of the molecule is CN1C(=O)COc2ccc(C=C3SC(=S)NC3=O)cc21. The maximum Gasteiger partial charge on any atom is 0.264 e. The van der Waals surface area contributed by atoms with Crippen molar-refractivity contribution in [3.63, 3.8) is 0 Å². The lowest BCUT2D eigenvalue weighted by atomic mass is 10.1. The van der Waals surface area contributed by atoms with Crippen molar-refractivity contribution in [1.82, 2.24) is 5.32 Å². The smallest absolute Gasteiger partial charge is 0.264 e. The topological polar surface area (TPSA) is 58.6 Å². The molecule has 0 atom stereocenters. The minimum absolute atomic E-state index is 0.0520. The summed E-state index contributed by atoms with van der Waals surface area (Å²) in [6, 6.07) is 5.44. The van der Waals surface area contributed by atoms with Crippen LogP contribution in [0.3, 0.4) is 0 Å². The Kier molecular flexibility index (Phi) is 3.23. The highest BCUT2D eigenvalue weighted by Gasteiger charge is 2.24. The van der Waals surface area contributed by atoms with Gasteiger partial charge in [-0.25, -0.2) is 0 Å². The van der Waals surface area contributed by atoms with Gasteiger partial charge < -0.3 is 15.0 Å². The Bertz CT molecular complexity index is 670. The van der Waals surface area contributed by atoms with Crippen molar-refractivity contribution in [1.29, 1.82) is 0 Å². The summed E-state index contributed by atoms with van der Waals surface area (Å²) in [5, 5.41) is 2.56. The number of nitrogens with zero attached hydrogens (tertiary/aromatic N) is 1. The van der Waals surface area contributed by atoms with Crippen LogP contribution in [0.2, 0.25) is 0 Å². The van der Waals surface area contributed by atoms with Crippen LogP contribution in [0.1, 0.15) is 5.56 Å². The van der Waals surface area contributed by atoms with Crippen molar-refractivity contribution in [2.24, 2.45) is 0 Å². The molecule has 0 saturated carbocycles. The Labute approximate surface area is 125 Å². The first-order chi connectivity index (χ1) is 9.54. The van der Waals surface area contributed by atoms with Gasteiger partial charge in [-0.15, -0.1) is 0 Å². The van der Waals surface area contributed by atoms with Gasteiger partial charge in [0, 0.05) is 7.05 Å². The second-order valence-corrected chi connectivity index (χ2v) is 6.04. The maximum atomic E-state index is 11.6. The van der Waals surface area contributed by atoms with Crippen LogP contribution in [0.5, 0.6) is 5.75 Å². The predicted molar refractivity (Wildman–Crippen MR) is 81.7 cm³/mol. The van der Waals surface area contributed by atoms with Gasteiger partial charge >= 0.3 is 0 Å². The number of thiocarbonyl (C=S) groups is 1. The van der Waals surface area contributed by atoms with Gasteiger partial charge in [-0.05, 0) is 23.8 Å². The number of rotatable bonds is 1. The second kappa shape index (κ2) is 4.92. The molecule has 0 unspecified atom stereocenters. The molecule has 0 spiro atoms. The van der Waals surface area contributed by atoms with Crippen LogP contribution in [0.15, 0.2) is 23.1 Å². The molecule has 2 aliphatic heterocycles. The number of hydrogen-bond acceptors (Lipinski definition) is 5. The van der Waals surface area contributed by atoms with Crippen molar-refractivity contribution in [2.45, 2.75) is 0 Å². The summed E-state index contributed by atoms with van der Waals surface area (Å²) in [4.78, 5) is 25.3. The summed E-state index contributed by atoms with van der Waals surface area (Å²) in [6.45, 7) is 0.0520. The summed E-state index contributed by atoms with van der Waals surface area (Å²) >= 11 is 6.17. The van der Waals surface area contributed by atoms with Crippen molar-refractivity contribution in [3.8, 4) is 5.75 Å². The van der Waals surface area contributed by atoms with Gasteiger partial charge in [-0.2, -0.15) is 0 Å². The molecule has 1 aromatic carbocycles. The van der Waals surface area contributed by atoms with E-state index in [1.165, 1.54) is 11.8 Å². The first-order valence-electron chi connectivity index (χ1n) is 5.83. The molecule has 2 aliphatic rings. The van der Waals surface area contributed by atoms with Crippen LogP contribution in [0, 0.1) is 0 Å². The molecule has 7 heteroatoms. The second-order valence-electron chi connectivity index (χ2n) is 4.32. The number of anilines is 1. The number of thioether (sulfide) groups is 1. The van der Waals surface area contributed by atoms with Gasteiger partial charge in [-0.1, -0.05) is 30.0 Å². The molecule has 1 N–H and O–H groups in total. The van der Waals surface area contributed by atoms with Gasteiger partial charge in [0.15, 0.2) is 6.61 Å². The van der Waals surface area contributed by atoms with E-state index in [-0.39, 0.29) is 18.4 Å². The summed E-state index contributed by atoms with van der Waals surface area (Å²) in [7, 11) is 1.70. The standard InChI is InChI=1S/C13H10N2O3S2/c1-15-8-4-7(2-3-9(8)18-6-11(15)16)5-10-12(17)14-13(19)20-10/h2-5H,6H2,1H3,(H,14,17,19). The minimum atomic E-state index is -0.196. The van der Waals surface area contributed by atoms with Crippen molar-refractivity contribution < 1.29 is 14.3 Å². The van der Waals surface area contributed by atoms with Crippen LogP contribution in [-0.4, -0.2) is 29.8 Å². The highest BCUT2D eigenvalue weighted by Crippen LogP contribution is 2.34. The Morgan fingerprint density at radius 3 is 2.95 bits per heavy atom. The molecule has 102 valence electrons. The van der Waals surface area contributed by atoms with Crippen LogP contribution in [0.25, 0.3) is 6.08 Å². The first-order valence-corrected chi connectivity index (χ1v) is 7.05. The first kappa shape index (κ1) is 13.1. The van der Waals surface area contributed by atoms with E-state index >= 15 is 0 Å². The van der Waals surface area contributed by atoms with E-state index < -0.39 is 0 Å². The van der Waals surface area contributed by atoms with Gasteiger partial charge in [-0.3, -0.25) is 9.59 Å². The molecule has 0 aromatic heterocycles. The lowest BCUT2D eigenvalue weighted by Crippen LogP contribution is -2.35. The lowest BCUT2D eigenvalue weighted by Gasteiger charge is -2.26. The Hall–Kier alpha value is -1.86. The maximum absolute atomic E-state index is 11.6. The number of ether oxygens (including phenoxy) is 1. The Balaban J connectivity index is 1.97. The summed E-state index contributed by atoms with van der Waals surface area (Å²) in [6.07, 6.45) is 1.74. The number of likely N-dealkylation sites (N-methyl/N-ethyl adjacent to an activating group) is 1. The normalized spacial score (nSPS) is 19.9. The van der Waals surface area contributed by atoms with E-state index in [0.717, 1.165) is 5.56 Å². The van der Waals surface area contributed by atoms with Gasteiger partial charge in [0.2, 0.25) is 0 Å². The number of hydrogen-bond donors (Lipinski definition) is 1. The van der Waals surface area contributed by atoms with E-state index in [1.807, 2.05) is 12.1 Å². The highest BCUT2D eigenvalue weighted by molar-refractivity contribution is 8.26. The summed E-state index contributed by atoms with van der Waals surface area (Å²) in [5.74, 6) is 0.364. The minimum Gasteiger partial charge on any atom is -0.482 e. The zero-order valence-electron chi connectivity index (χ0n) is 10.5. The Morgan fingerprint density at radius 2 is 2.25 bits per heavy atom. The van der Waals surface area contributed by atoms with Gasteiger partial charge in [0.25, 0.3) is 11.8 Å². The zero-order chi connectivity index (χ0) is 14.3. The number of benzene rings is 1. The molecule has 0 aliphatic carbocycles. The fraction of sp³-hybridized carbons (Fsp3) is 0.154. The average Bonchev–Trinajstić information content (AvgIpc) is 2.73. The van der Waals surface area contributed by atoms with Crippen molar-refractivity contribution in [2.75, 3.05) is 18.6 Å². The fourth-order valence-electron chi connectivity index (χ4n) is 1.95. The largest absolute Gasteiger partial charge is 0.482 e. The fourth-order valence-corrected chi connectivity index (χ4v) is 3.00. The van der Waals surface area contributed by atoms with E-state index in [4.69, 9.17) is 17.0 Å². The van der Waals surface area contributed by atoms with Gasteiger partial charge in [0.1, 0.15) is 10.1 Å². The quantitative estimate of drug-likeness (QED) is 0.630. The van der Waals surface area contributed by atoms with Crippen LogP contribution in [0.4, 0.5) is 5.69 Å². The zero-order valence-corrected chi connectivity index (χ0v) is 12.1. The van der Waals surface area contributed by atoms with E-state index in [0.29, 0.717) is 20.7 Å². The lowest BCUT2D eigenvalue weighted by molar-refractivity contribution is -0.121. The molecule has 0 radical (unpaired) electrons. The van der Waals surface area contributed by atoms with Gasteiger partial charge in [0.05, 0.1) is 10.6 Å². The monoisotopic (exact) mass is 306 g/mol. The number of fused-ring (bicyclic) bond motifs is 1. The molecule has 5 nitrogen and oxygen atoms in total. The van der Waals surface area contributed by atoms with Crippen LogP contribution >= 0.6 is 24.0 Å². The third-order valence-electron chi connectivity index (χ3n) is 3.01. The van der Waals surface area contributed by atoms with E-state index in [2.05, 4.69) is 5.32 Å². The molecule has 3 rings (SSSR count). The molecule has 20 heavy (non-hydrogen) atoms. The number of carbonyl (C=O) groups is 2.